The fourth-order valence-electron chi connectivity index (χ4n) is 7.08. The first-order chi connectivity index (χ1) is 24.8. The summed E-state index contributed by atoms with van der Waals surface area (Å²) >= 11 is 12.7. The number of nitrogens with one attached hydrogen (secondary N) is 2. The Kier molecular flexibility index (Phi) is 7.91. The molecule has 4 aromatic rings. The van der Waals surface area contributed by atoms with Crippen LogP contribution in [0.2, 0.25) is 10.0 Å². The van der Waals surface area contributed by atoms with E-state index in [2.05, 4.69) is 26.7 Å². The third-order valence-electron chi connectivity index (χ3n) is 10.4. The summed E-state index contributed by atoms with van der Waals surface area (Å²) in [7, 11) is 0. The Bertz CT molecular complexity index is 2200. The topological polar surface area (TPSA) is 174 Å². The summed E-state index contributed by atoms with van der Waals surface area (Å²) < 4.78 is 1.58. The zero-order chi connectivity index (χ0) is 36.6. The third-order valence-corrected chi connectivity index (χ3v) is 10.8. The highest BCUT2D eigenvalue weighted by Gasteiger charge is 2.57. The van der Waals surface area contributed by atoms with E-state index in [9.17, 15) is 29.5 Å². The Hall–Kier alpha value is -5.29. The van der Waals surface area contributed by atoms with Crippen LogP contribution in [0.4, 0.5) is 11.6 Å². The van der Waals surface area contributed by atoms with Crippen LogP contribution in [0, 0.1) is 11.3 Å². The van der Waals surface area contributed by atoms with Gasteiger partial charge in [-0.05, 0) is 80.6 Å². The molecule has 4 aliphatic rings. The Morgan fingerprint density at radius 3 is 2.29 bits per heavy atom. The van der Waals surface area contributed by atoms with Crippen LogP contribution in [0.1, 0.15) is 70.3 Å². The maximum atomic E-state index is 14.4. The normalized spacial score (nSPS) is 20.8. The molecule has 2 aromatic carbocycles. The number of pyridine rings is 1. The number of benzene rings is 2. The molecule has 13 nitrogen and oxygen atoms in total. The maximum absolute atomic E-state index is 14.4. The molecular weight excluding hydrogens is 707 g/mol. The number of aliphatic hydroxyl groups excluding tert-OH is 1. The number of amides is 4. The van der Waals surface area contributed by atoms with Crippen LogP contribution < -0.4 is 15.5 Å². The van der Waals surface area contributed by atoms with Crippen molar-refractivity contribution < 1.29 is 24.3 Å². The molecule has 2 saturated carbocycles. The lowest BCUT2D eigenvalue weighted by Crippen LogP contribution is -2.53. The Morgan fingerprint density at radius 2 is 1.67 bits per heavy atom. The van der Waals surface area contributed by atoms with Crippen molar-refractivity contribution in [1.29, 1.82) is 5.26 Å². The van der Waals surface area contributed by atoms with Crippen LogP contribution in [0.25, 0.3) is 0 Å². The highest BCUT2D eigenvalue weighted by Crippen LogP contribution is 2.48. The number of aliphatic hydroxyl groups is 1. The van der Waals surface area contributed by atoms with E-state index in [0.29, 0.717) is 58.2 Å². The van der Waals surface area contributed by atoms with Gasteiger partial charge in [-0.2, -0.15) is 5.26 Å². The minimum atomic E-state index is -1.35. The first kappa shape index (κ1) is 33.8. The summed E-state index contributed by atoms with van der Waals surface area (Å²) in [5.74, 6) is -1.35. The summed E-state index contributed by atoms with van der Waals surface area (Å²) in [4.78, 5) is 67.3. The summed E-state index contributed by atoms with van der Waals surface area (Å²) in [6.07, 6.45) is 4.59. The smallest absolute Gasteiger partial charge is 0.270 e. The second kappa shape index (κ2) is 12.2. The molecule has 0 unspecified atom stereocenters. The number of aromatic nitrogens is 3. The van der Waals surface area contributed by atoms with Crippen LogP contribution in [0.15, 0.2) is 67.0 Å². The molecule has 4 amide bonds. The average molecular weight is 740 g/mol. The average Bonchev–Trinajstić information content (AvgIpc) is 4.01. The first-order valence-corrected chi connectivity index (χ1v) is 17.6. The number of hydrogen-bond acceptors (Lipinski definition) is 8. The van der Waals surface area contributed by atoms with Gasteiger partial charge in [0.25, 0.3) is 17.7 Å². The van der Waals surface area contributed by atoms with E-state index in [-0.39, 0.29) is 48.9 Å². The van der Waals surface area contributed by atoms with Crippen molar-refractivity contribution in [2.75, 3.05) is 18.0 Å². The van der Waals surface area contributed by atoms with E-state index in [4.69, 9.17) is 23.2 Å². The molecule has 0 spiro atoms. The number of nitriles is 1. The molecule has 2 aromatic heterocycles. The number of rotatable bonds is 9. The van der Waals surface area contributed by atoms with Crippen LogP contribution >= 0.6 is 23.2 Å². The minimum absolute atomic E-state index is 0.0827. The Morgan fingerprint density at radius 1 is 0.981 bits per heavy atom. The summed E-state index contributed by atoms with van der Waals surface area (Å²) in [5.41, 5.74) is -0.650. The van der Waals surface area contributed by atoms with Crippen molar-refractivity contribution in [2.24, 2.45) is 0 Å². The van der Waals surface area contributed by atoms with Crippen LogP contribution in [-0.4, -0.2) is 72.9 Å². The van der Waals surface area contributed by atoms with Crippen LogP contribution in [0.5, 0.6) is 0 Å². The second-order valence-corrected chi connectivity index (χ2v) is 15.0. The van der Waals surface area contributed by atoms with Gasteiger partial charge in [-0.3, -0.25) is 28.7 Å². The van der Waals surface area contributed by atoms with E-state index in [0.717, 1.165) is 5.56 Å². The molecule has 0 radical (unpaired) electrons. The molecule has 2 aliphatic heterocycles. The quantitative estimate of drug-likeness (QED) is 0.231. The van der Waals surface area contributed by atoms with E-state index >= 15 is 0 Å². The number of carbonyl (C=O) groups excluding carboxylic acids is 4. The fraction of sp³-hybridized carbons (Fsp3) is 0.324. The molecule has 3 fully saturated rings. The SMILES string of the molecule is C[C@@]1(Cc2ccc(C#N)cc2)C(=O)N(c2cc(Cl)cc(Cl)c2)c2ncc(C(=O)NC3(C(=O)NC4(c5cc(C(=O)N6CC(O)C6)ccn5)CC4)CC3)n21. The predicted molar refractivity (Wildman–Crippen MR) is 189 cm³/mol. The number of nitrogens with zero attached hydrogens (tertiary/aromatic N) is 6. The number of likely N-dealkylation sites (tertiary alicyclic amines) is 1. The highest BCUT2D eigenvalue weighted by molar-refractivity contribution is 6.35. The van der Waals surface area contributed by atoms with Crippen molar-refractivity contribution in [2.45, 2.75) is 61.7 Å². The van der Waals surface area contributed by atoms with Gasteiger partial charge in [0.15, 0.2) is 0 Å². The van der Waals surface area contributed by atoms with Crippen molar-refractivity contribution in [3.8, 4) is 6.07 Å². The van der Waals surface area contributed by atoms with Gasteiger partial charge >= 0.3 is 0 Å². The standard InChI is InChI=1S/C37H32Cl2N8O5/c1-35(16-21-2-4-22(17-40)5-3-21)33(52)46(26-14-24(38)13-25(39)15-26)34-42-18-28(47(34)35)30(49)43-37(9-10-37)32(51)44-36(7-8-36)29-12-23(6-11-41-29)31(50)45-19-27(48)20-45/h2-6,11-15,18,27,48H,7-10,16,19-20H2,1H3,(H,43,49)(H,44,51)/t35-/m1/s1. The molecule has 1 saturated heterocycles. The summed E-state index contributed by atoms with van der Waals surface area (Å²) in [6.45, 7) is 2.27. The van der Waals surface area contributed by atoms with E-state index in [1.54, 1.807) is 71.0 Å². The monoisotopic (exact) mass is 738 g/mol. The lowest BCUT2D eigenvalue weighted by atomic mass is 9.91. The van der Waals surface area contributed by atoms with Crippen molar-refractivity contribution >= 4 is 58.5 Å². The highest BCUT2D eigenvalue weighted by atomic mass is 35.5. The second-order valence-electron chi connectivity index (χ2n) is 14.2. The first-order valence-electron chi connectivity index (χ1n) is 16.8. The van der Waals surface area contributed by atoms with Gasteiger partial charge in [-0.15, -0.1) is 0 Å². The Balaban J connectivity index is 1.06. The lowest BCUT2D eigenvalue weighted by molar-refractivity contribution is -0.125. The molecular formula is C37H32Cl2N8O5. The number of halogens is 2. The predicted octanol–water partition coefficient (Wildman–Crippen LogP) is 3.98. The van der Waals surface area contributed by atoms with Crippen molar-refractivity contribution in [3.05, 3.63) is 105 Å². The molecule has 0 bridgehead atoms. The van der Waals surface area contributed by atoms with Gasteiger partial charge in [0, 0.05) is 41.3 Å². The molecule has 3 N–H and O–H groups in total. The number of fused-ring (bicyclic) bond motifs is 1. The van der Waals surface area contributed by atoms with Gasteiger partial charge < -0.3 is 20.6 Å². The minimum Gasteiger partial charge on any atom is -0.389 e. The summed E-state index contributed by atoms with van der Waals surface area (Å²) in [5, 5.41) is 25.6. The lowest BCUT2D eigenvalue weighted by Gasteiger charge is -2.36. The van der Waals surface area contributed by atoms with E-state index in [1.165, 1.54) is 17.3 Å². The number of anilines is 2. The molecule has 264 valence electrons. The van der Waals surface area contributed by atoms with E-state index < -0.39 is 28.6 Å². The number of carbonyl (C=O) groups is 4. The van der Waals surface area contributed by atoms with Gasteiger partial charge in [0.05, 0.1) is 40.9 Å². The van der Waals surface area contributed by atoms with Crippen LogP contribution in [0.3, 0.4) is 0 Å². The zero-order valence-electron chi connectivity index (χ0n) is 27.9. The summed E-state index contributed by atoms with van der Waals surface area (Å²) in [6, 6.07) is 17.0. The van der Waals surface area contributed by atoms with Crippen molar-refractivity contribution in [1.82, 2.24) is 30.1 Å². The van der Waals surface area contributed by atoms with Gasteiger partial charge in [0.1, 0.15) is 16.8 Å². The maximum Gasteiger partial charge on any atom is 0.270 e. The van der Waals surface area contributed by atoms with Crippen LogP contribution in [-0.2, 0) is 27.1 Å². The molecule has 15 heteroatoms. The largest absolute Gasteiger partial charge is 0.389 e. The molecule has 1 atom stereocenters. The van der Waals surface area contributed by atoms with Gasteiger partial charge in [-0.1, -0.05) is 35.3 Å². The van der Waals surface area contributed by atoms with Crippen molar-refractivity contribution in [3.63, 3.8) is 0 Å². The van der Waals surface area contributed by atoms with E-state index in [1.807, 2.05) is 0 Å². The zero-order valence-corrected chi connectivity index (χ0v) is 29.4. The molecule has 2 aliphatic carbocycles. The fourth-order valence-corrected chi connectivity index (χ4v) is 7.59. The molecule has 4 heterocycles. The third kappa shape index (κ3) is 5.67. The Labute approximate surface area is 308 Å². The van der Waals surface area contributed by atoms with Gasteiger partial charge in [0.2, 0.25) is 11.9 Å². The number of hydrogen-bond donors (Lipinski definition) is 3. The van der Waals surface area contributed by atoms with Gasteiger partial charge in [-0.25, -0.2) is 9.88 Å². The molecule has 52 heavy (non-hydrogen) atoms. The number of β-amino-alcohol motifs (C(OH)–C–C–N with tert-alkyl or cyclic N) is 1. The molecule has 8 rings (SSSR count). The number of imidazole rings is 1.